The Balaban J connectivity index is 1.04. The minimum atomic E-state index is 0.878. The van der Waals surface area contributed by atoms with E-state index in [0.717, 1.165) is 77.9 Å². The quantitative estimate of drug-likeness (QED) is 0.152. The summed E-state index contributed by atoms with van der Waals surface area (Å²) in [6, 6.07) is 79.9. The molecule has 0 radical (unpaired) electrons. The van der Waals surface area contributed by atoms with Crippen LogP contribution in [0.4, 0.5) is 17.1 Å². The van der Waals surface area contributed by atoms with E-state index in [1.165, 1.54) is 27.3 Å². The number of hydrogen-bond acceptors (Lipinski definition) is 3. The molecular formula is C56H37N3. The molecule has 11 aromatic rings. The third-order valence-corrected chi connectivity index (χ3v) is 11.4. The lowest BCUT2D eigenvalue weighted by Gasteiger charge is -2.27. The highest BCUT2D eigenvalue weighted by Gasteiger charge is 2.18. The smallest absolute Gasteiger partial charge is 0.0979 e. The molecule has 1 aromatic heterocycles. The van der Waals surface area contributed by atoms with Crippen molar-refractivity contribution in [3.8, 4) is 44.8 Å². The molecule has 59 heavy (non-hydrogen) atoms. The van der Waals surface area contributed by atoms with Gasteiger partial charge in [0.05, 0.1) is 28.1 Å². The molecule has 0 spiro atoms. The predicted molar refractivity (Wildman–Crippen MR) is 248 cm³/mol. The van der Waals surface area contributed by atoms with Crippen LogP contribution in [0.25, 0.3) is 88.1 Å². The molecule has 3 nitrogen and oxygen atoms in total. The van der Waals surface area contributed by atoms with Crippen molar-refractivity contribution in [3.63, 3.8) is 0 Å². The van der Waals surface area contributed by atoms with Crippen LogP contribution in [0.15, 0.2) is 224 Å². The van der Waals surface area contributed by atoms with E-state index < -0.39 is 0 Å². The van der Waals surface area contributed by atoms with Crippen molar-refractivity contribution in [1.82, 2.24) is 9.97 Å². The fraction of sp³-hybridized carbons (Fsp3) is 0. The Bertz CT molecular complexity index is 3280. The number of anilines is 3. The standard InChI is InChI=1S/C56H37N3/c1-4-13-38(14-5-1)39-27-32-47(33-28-39)59(52-22-12-20-41-15-10-11-21-49(41)52)48-34-29-40(30-35-48)46-26-24-42-23-25-43-31-36-51-56(53(43)50(42)37-46)58-55(45-18-8-3-9-19-45)54(57-51)44-16-6-2-7-17-44/h1-37H. The topological polar surface area (TPSA) is 29.0 Å². The van der Waals surface area contributed by atoms with Crippen LogP contribution in [0, 0.1) is 0 Å². The largest absolute Gasteiger partial charge is 0.310 e. The minimum Gasteiger partial charge on any atom is -0.310 e. The highest BCUT2D eigenvalue weighted by atomic mass is 15.1. The van der Waals surface area contributed by atoms with E-state index in [4.69, 9.17) is 9.97 Å². The molecular weight excluding hydrogens is 715 g/mol. The molecule has 0 fully saturated rings. The molecule has 0 atom stereocenters. The van der Waals surface area contributed by atoms with Crippen molar-refractivity contribution in [3.05, 3.63) is 224 Å². The summed E-state index contributed by atoms with van der Waals surface area (Å²) >= 11 is 0. The minimum absolute atomic E-state index is 0.878. The van der Waals surface area contributed by atoms with E-state index in [1.54, 1.807) is 0 Å². The van der Waals surface area contributed by atoms with Gasteiger partial charge in [0.25, 0.3) is 0 Å². The lowest BCUT2D eigenvalue weighted by Crippen LogP contribution is -2.10. The highest BCUT2D eigenvalue weighted by molar-refractivity contribution is 6.19. The summed E-state index contributed by atoms with van der Waals surface area (Å²) in [5.74, 6) is 0. The fourth-order valence-corrected chi connectivity index (χ4v) is 8.50. The van der Waals surface area contributed by atoms with Crippen molar-refractivity contribution in [2.75, 3.05) is 4.90 Å². The Kier molecular flexibility index (Phi) is 8.49. The second-order valence-electron chi connectivity index (χ2n) is 15.0. The number of nitrogens with zero attached hydrogens (tertiary/aromatic N) is 3. The van der Waals surface area contributed by atoms with Gasteiger partial charge in [-0.05, 0) is 86.3 Å². The first kappa shape index (κ1) is 34.4. The molecule has 0 N–H and O–H groups in total. The zero-order chi connectivity index (χ0) is 39.1. The molecule has 0 amide bonds. The van der Waals surface area contributed by atoms with E-state index in [2.05, 4.69) is 217 Å². The Hall–Kier alpha value is -7.88. The molecule has 0 bridgehead atoms. The van der Waals surface area contributed by atoms with Crippen LogP contribution < -0.4 is 4.90 Å². The molecule has 11 rings (SSSR count). The van der Waals surface area contributed by atoms with E-state index >= 15 is 0 Å². The number of hydrogen-bond donors (Lipinski definition) is 0. The monoisotopic (exact) mass is 751 g/mol. The third kappa shape index (κ3) is 6.26. The highest BCUT2D eigenvalue weighted by Crippen LogP contribution is 2.41. The molecule has 1 heterocycles. The van der Waals surface area contributed by atoms with Crippen molar-refractivity contribution in [1.29, 1.82) is 0 Å². The summed E-state index contributed by atoms with van der Waals surface area (Å²) < 4.78 is 0. The van der Waals surface area contributed by atoms with Crippen molar-refractivity contribution in [2.24, 2.45) is 0 Å². The van der Waals surface area contributed by atoms with Gasteiger partial charge in [0.15, 0.2) is 0 Å². The fourth-order valence-electron chi connectivity index (χ4n) is 8.50. The first-order valence-electron chi connectivity index (χ1n) is 20.1. The molecule has 0 aliphatic heterocycles. The Labute approximate surface area is 343 Å². The van der Waals surface area contributed by atoms with Gasteiger partial charge in [0, 0.05) is 33.3 Å². The number of rotatable bonds is 7. The van der Waals surface area contributed by atoms with Crippen LogP contribution in [0.3, 0.4) is 0 Å². The predicted octanol–water partition coefficient (Wildman–Crippen LogP) is 15.2. The number of fused-ring (bicyclic) bond motifs is 6. The number of benzene rings is 10. The SMILES string of the molecule is c1ccc(-c2ccc(N(c3ccc(-c4ccc5ccc6ccc7nc(-c8ccccc8)c(-c8ccccc8)nc7c6c5c4)cc3)c3cccc4ccccc34)cc2)cc1. The number of aromatic nitrogens is 2. The third-order valence-electron chi connectivity index (χ3n) is 11.4. The van der Waals surface area contributed by atoms with Gasteiger partial charge in [-0.3, -0.25) is 0 Å². The van der Waals surface area contributed by atoms with Gasteiger partial charge in [0.2, 0.25) is 0 Å². The molecule has 0 aliphatic rings. The van der Waals surface area contributed by atoms with Gasteiger partial charge >= 0.3 is 0 Å². The van der Waals surface area contributed by atoms with Crippen LogP contribution in [0.1, 0.15) is 0 Å². The van der Waals surface area contributed by atoms with Gasteiger partial charge in [-0.1, -0.05) is 182 Å². The van der Waals surface area contributed by atoms with Gasteiger partial charge in [0.1, 0.15) is 0 Å². The van der Waals surface area contributed by atoms with Crippen LogP contribution in [0.5, 0.6) is 0 Å². The Morgan fingerprint density at radius 2 is 0.780 bits per heavy atom. The van der Waals surface area contributed by atoms with Crippen molar-refractivity contribution < 1.29 is 0 Å². The van der Waals surface area contributed by atoms with Crippen molar-refractivity contribution >= 4 is 60.4 Å². The molecule has 10 aromatic carbocycles. The van der Waals surface area contributed by atoms with E-state index in [0.29, 0.717) is 0 Å². The van der Waals surface area contributed by atoms with Crippen LogP contribution in [0.2, 0.25) is 0 Å². The van der Waals surface area contributed by atoms with Gasteiger partial charge in [-0.15, -0.1) is 0 Å². The summed E-state index contributed by atoms with van der Waals surface area (Å²) in [4.78, 5) is 13.1. The summed E-state index contributed by atoms with van der Waals surface area (Å²) in [5, 5.41) is 6.99. The van der Waals surface area contributed by atoms with Crippen LogP contribution in [-0.4, -0.2) is 9.97 Å². The maximum atomic E-state index is 5.47. The molecule has 0 unspecified atom stereocenters. The lowest BCUT2D eigenvalue weighted by molar-refractivity contribution is 1.30. The van der Waals surface area contributed by atoms with Gasteiger partial charge in [-0.2, -0.15) is 0 Å². The molecule has 0 saturated carbocycles. The molecule has 0 aliphatic carbocycles. The van der Waals surface area contributed by atoms with Gasteiger partial charge < -0.3 is 4.90 Å². The maximum Gasteiger partial charge on any atom is 0.0979 e. The lowest BCUT2D eigenvalue weighted by atomic mass is 9.95. The maximum absolute atomic E-state index is 5.47. The van der Waals surface area contributed by atoms with Crippen LogP contribution in [-0.2, 0) is 0 Å². The summed E-state index contributed by atoms with van der Waals surface area (Å²) in [5.41, 5.74) is 13.7. The second kappa shape index (κ2) is 14.6. The first-order chi connectivity index (χ1) is 29.2. The zero-order valence-electron chi connectivity index (χ0n) is 32.2. The second-order valence-corrected chi connectivity index (χ2v) is 15.0. The average molecular weight is 752 g/mol. The summed E-state index contributed by atoms with van der Waals surface area (Å²) in [6.07, 6.45) is 0. The molecule has 276 valence electrons. The molecule has 3 heteroatoms. The van der Waals surface area contributed by atoms with Crippen molar-refractivity contribution in [2.45, 2.75) is 0 Å². The average Bonchev–Trinajstić information content (AvgIpc) is 3.32. The summed E-state index contributed by atoms with van der Waals surface area (Å²) in [6.45, 7) is 0. The Morgan fingerprint density at radius 3 is 1.46 bits per heavy atom. The van der Waals surface area contributed by atoms with E-state index in [1.807, 2.05) is 12.1 Å². The zero-order valence-corrected chi connectivity index (χ0v) is 32.2. The normalized spacial score (nSPS) is 11.4. The van der Waals surface area contributed by atoms with Crippen LogP contribution >= 0.6 is 0 Å². The Morgan fingerprint density at radius 1 is 0.305 bits per heavy atom. The van der Waals surface area contributed by atoms with E-state index in [-0.39, 0.29) is 0 Å². The summed E-state index contributed by atoms with van der Waals surface area (Å²) in [7, 11) is 0. The molecule has 0 saturated heterocycles. The van der Waals surface area contributed by atoms with Gasteiger partial charge in [-0.25, -0.2) is 9.97 Å². The first-order valence-corrected chi connectivity index (χ1v) is 20.1. The van der Waals surface area contributed by atoms with E-state index in [9.17, 15) is 0 Å².